The first-order valence-corrected chi connectivity index (χ1v) is 12.3. The number of rotatable bonds is 10. The maximum Gasteiger partial charge on any atom is 0.408 e. The van der Waals surface area contributed by atoms with Gasteiger partial charge in [0.15, 0.2) is 0 Å². The molecule has 0 heterocycles. The molecule has 0 spiro atoms. The molecule has 3 rings (SSSR count). The molecule has 0 aliphatic carbocycles. The zero-order valence-electron chi connectivity index (χ0n) is 17.9. The second-order valence-corrected chi connectivity index (χ2v) is 10.2. The van der Waals surface area contributed by atoms with Crippen LogP contribution in [0.5, 0.6) is 0 Å². The Morgan fingerprint density at radius 3 is 1.73 bits per heavy atom. The van der Waals surface area contributed by atoms with Gasteiger partial charge in [-0.15, -0.1) is 0 Å². The first kappa shape index (κ1) is 24.2. The molecule has 3 aromatic carbocycles. The normalized spacial score (nSPS) is 14.5. The van der Waals surface area contributed by atoms with Crippen molar-refractivity contribution in [3.05, 3.63) is 108 Å². The summed E-state index contributed by atoms with van der Waals surface area (Å²) in [6.07, 6.45) is -1.05. The lowest BCUT2D eigenvalue weighted by molar-refractivity contribution is -0.136. The summed E-state index contributed by atoms with van der Waals surface area (Å²) in [5.41, 5.74) is 0.461. The SMILES string of the molecule is O=C(NC(Cc1ccccc1)P(=O)(O)C(Cc1ccccc1)C(=O)O)OCc1ccccc1. The minimum Gasteiger partial charge on any atom is -0.481 e. The van der Waals surface area contributed by atoms with Crippen LogP contribution in [0.25, 0.3) is 0 Å². The van der Waals surface area contributed by atoms with Gasteiger partial charge < -0.3 is 20.1 Å². The van der Waals surface area contributed by atoms with Crippen LogP contribution in [0.1, 0.15) is 16.7 Å². The van der Waals surface area contributed by atoms with Crippen LogP contribution >= 0.6 is 7.37 Å². The van der Waals surface area contributed by atoms with Crippen LogP contribution in [-0.2, 0) is 33.5 Å². The number of aliphatic carboxylic acids is 1. The molecular formula is C25H26NO6P. The molecule has 0 fully saturated rings. The number of carboxylic acids is 1. The average molecular weight is 467 g/mol. The van der Waals surface area contributed by atoms with E-state index in [0.29, 0.717) is 11.1 Å². The first-order chi connectivity index (χ1) is 15.9. The highest BCUT2D eigenvalue weighted by atomic mass is 31.2. The highest BCUT2D eigenvalue weighted by molar-refractivity contribution is 7.60. The number of hydrogen-bond acceptors (Lipinski definition) is 4. The molecule has 3 atom stereocenters. The Kier molecular flexibility index (Phi) is 8.41. The topological polar surface area (TPSA) is 113 Å². The van der Waals surface area contributed by atoms with Gasteiger partial charge in [-0.2, -0.15) is 0 Å². The molecule has 0 aliphatic heterocycles. The van der Waals surface area contributed by atoms with Gasteiger partial charge in [0.1, 0.15) is 18.0 Å². The predicted molar refractivity (Wildman–Crippen MR) is 125 cm³/mol. The average Bonchev–Trinajstić information content (AvgIpc) is 2.82. The Bertz CT molecular complexity index is 1090. The number of amides is 1. The van der Waals surface area contributed by atoms with Crippen molar-refractivity contribution in [3.63, 3.8) is 0 Å². The third-order valence-corrected chi connectivity index (χ3v) is 7.72. The molecule has 0 bridgehead atoms. The first-order valence-electron chi connectivity index (χ1n) is 10.5. The molecule has 33 heavy (non-hydrogen) atoms. The Balaban J connectivity index is 1.81. The van der Waals surface area contributed by atoms with Gasteiger partial charge in [-0.3, -0.25) is 9.36 Å². The molecule has 8 heteroatoms. The molecule has 0 saturated carbocycles. The van der Waals surface area contributed by atoms with Crippen molar-refractivity contribution in [2.75, 3.05) is 0 Å². The summed E-state index contributed by atoms with van der Waals surface area (Å²) < 4.78 is 18.8. The van der Waals surface area contributed by atoms with Crippen LogP contribution in [0.4, 0.5) is 4.79 Å². The summed E-state index contributed by atoms with van der Waals surface area (Å²) in [5.74, 6) is -2.74. The van der Waals surface area contributed by atoms with E-state index in [-0.39, 0.29) is 19.4 Å². The van der Waals surface area contributed by atoms with Crippen molar-refractivity contribution in [3.8, 4) is 0 Å². The van der Waals surface area contributed by atoms with E-state index < -0.39 is 30.9 Å². The van der Waals surface area contributed by atoms with Crippen molar-refractivity contribution in [2.45, 2.75) is 30.9 Å². The van der Waals surface area contributed by atoms with E-state index >= 15 is 0 Å². The smallest absolute Gasteiger partial charge is 0.408 e. The molecule has 1 amide bonds. The van der Waals surface area contributed by atoms with Crippen LogP contribution in [0.15, 0.2) is 91.0 Å². The van der Waals surface area contributed by atoms with Gasteiger partial charge in [0.25, 0.3) is 0 Å². The number of carboxylic acid groups (broad SMARTS) is 1. The van der Waals surface area contributed by atoms with E-state index in [4.69, 9.17) is 4.74 Å². The lowest BCUT2D eigenvalue weighted by Gasteiger charge is -2.28. The molecular weight excluding hydrogens is 441 g/mol. The van der Waals surface area contributed by atoms with Crippen LogP contribution in [0.3, 0.4) is 0 Å². The van der Waals surface area contributed by atoms with Crippen LogP contribution in [-0.4, -0.2) is 33.5 Å². The monoisotopic (exact) mass is 467 g/mol. The molecule has 0 radical (unpaired) electrons. The summed E-state index contributed by atoms with van der Waals surface area (Å²) in [5, 5.41) is 12.3. The van der Waals surface area contributed by atoms with Crippen molar-refractivity contribution in [2.24, 2.45) is 0 Å². The van der Waals surface area contributed by atoms with Crippen molar-refractivity contribution in [1.29, 1.82) is 0 Å². The van der Waals surface area contributed by atoms with Gasteiger partial charge in [0.05, 0.1) is 0 Å². The molecule has 0 aromatic heterocycles. The maximum absolute atomic E-state index is 13.6. The lowest BCUT2D eigenvalue weighted by Crippen LogP contribution is -2.41. The van der Waals surface area contributed by atoms with Gasteiger partial charge in [-0.1, -0.05) is 91.0 Å². The van der Waals surface area contributed by atoms with Crippen molar-refractivity contribution < 1.29 is 28.9 Å². The van der Waals surface area contributed by atoms with Crippen LogP contribution in [0, 0.1) is 0 Å². The van der Waals surface area contributed by atoms with Crippen molar-refractivity contribution >= 4 is 19.4 Å². The van der Waals surface area contributed by atoms with E-state index in [1.165, 1.54) is 0 Å². The number of benzene rings is 3. The summed E-state index contributed by atoms with van der Waals surface area (Å²) in [6.45, 7) is -0.0210. The minimum atomic E-state index is -4.46. The van der Waals surface area contributed by atoms with Gasteiger partial charge >= 0.3 is 12.1 Å². The second kappa shape index (κ2) is 11.5. The number of nitrogens with one attached hydrogen (secondary N) is 1. The fourth-order valence-corrected chi connectivity index (χ4v) is 5.43. The molecule has 7 nitrogen and oxygen atoms in total. The van der Waals surface area contributed by atoms with E-state index in [0.717, 1.165) is 5.56 Å². The number of carbonyl (C=O) groups excluding carboxylic acids is 1. The maximum atomic E-state index is 13.6. The van der Waals surface area contributed by atoms with Crippen LogP contribution in [0.2, 0.25) is 0 Å². The minimum absolute atomic E-state index is 0.0202. The summed E-state index contributed by atoms with van der Waals surface area (Å²) in [6, 6.07) is 26.5. The van der Waals surface area contributed by atoms with Crippen molar-refractivity contribution in [1.82, 2.24) is 5.32 Å². The van der Waals surface area contributed by atoms with Crippen LogP contribution < -0.4 is 5.32 Å². The molecule has 3 N–H and O–H groups in total. The Morgan fingerprint density at radius 2 is 1.24 bits per heavy atom. The zero-order chi connectivity index (χ0) is 23.7. The fraction of sp³-hybridized carbons (Fsp3) is 0.200. The summed E-state index contributed by atoms with van der Waals surface area (Å²) in [4.78, 5) is 35.6. The van der Waals surface area contributed by atoms with E-state index in [1.54, 1.807) is 84.9 Å². The third kappa shape index (κ3) is 7.04. The van der Waals surface area contributed by atoms with E-state index in [1.807, 2.05) is 6.07 Å². The molecule has 3 aromatic rings. The molecule has 0 saturated heterocycles. The quantitative estimate of drug-likeness (QED) is 0.380. The standard InChI is InChI=1S/C25H26NO6P/c27-24(28)22(16-19-10-4-1-5-11-19)33(30,31)23(17-20-12-6-2-7-13-20)26-25(29)32-18-21-14-8-3-9-15-21/h1-15,22-23H,16-18H2,(H,26,29)(H,27,28)(H,30,31). The Hall–Kier alpha value is -3.41. The largest absolute Gasteiger partial charge is 0.481 e. The Morgan fingerprint density at radius 1 is 0.788 bits per heavy atom. The highest BCUT2D eigenvalue weighted by Gasteiger charge is 2.44. The summed E-state index contributed by atoms with van der Waals surface area (Å²) >= 11 is 0. The highest BCUT2D eigenvalue weighted by Crippen LogP contribution is 2.52. The van der Waals surface area contributed by atoms with Gasteiger partial charge in [0, 0.05) is 6.42 Å². The predicted octanol–water partition coefficient (Wildman–Crippen LogP) is 4.45. The Labute approximate surface area is 192 Å². The third-order valence-electron chi connectivity index (χ3n) is 5.22. The zero-order valence-corrected chi connectivity index (χ0v) is 18.8. The number of alkyl carbamates (subject to hydrolysis) is 1. The lowest BCUT2D eigenvalue weighted by atomic mass is 10.1. The number of carbonyl (C=O) groups is 2. The van der Waals surface area contributed by atoms with Gasteiger partial charge in [-0.05, 0) is 23.1 Å². The fourth-order valence-electron chi connectivity index (χ4n) is 3.44. The molecule has 0 aliphatic rings. The van der Waals surface area contributed by atoms with E-state index in [2.05, 4.69) is 5.32 Å². The second-order valence-electron chi connectivity index (χ2n) is 7.63. The van der Waals surface area contributed by atoms with Gasteiger partial charge in [-0.25, -0.2) is 4.79 Å². The number of hydrogen-bond donors (Lipinski definition) is 3. The molecule has 3 unspecified atom stereocenters. The van der Waals surface area contributed by atoms with E-state index in [9.17, 15) is 24.2 Å². The molecule has 172 valence electrons. The summed E-state index contributed by atoms with van der Waals surface area (Å²) in [7, 11) is -4.46. The van der Waals surface area contributed by atoms with Gasteiger partial charge in [0.2, 0.25) is 7.37 Å². The number of ether oxygens (including phenoxy) is 1.